The van der Waals surface area contributed by atoms with Gasteiger partial charge in [0, 0.05) is 46.4 Å². The van der Waals surface area contributed by atoms with Gasteiger partial charge in [-0.1, -0.05) is 65.2 Å². The van der Waals surface area contributed by atoms with Crippen molar-refractivity contribution in [3.63, 3.8) is 0 Å². The Morgan fingerprint density at radius 3 is 2.23 bits per heavy atom. The Morgan fingerprint density at radius 1 is 0.975 bits per heavy atom. The van der Waals surface area contributed by atoms with Crippen LogP contribution >= 0.6 is 23.2 Å². The Labute approximate surface area is 239 Å². The number of nitrogens with zero attached hydrogens (tertiary/aromatic N) is 1. The number of hydrogen-bond acceptors (Lipinski definition) is 4. The van der Waals surface area contributed by atoms with Gasteiger partial charge in [0.05, 0.1) is 5.70 Å². The van der Waals surface area contributed by atoms with Crippen LogP contribution in [0, 0.1) is 13.8 Å². The summed E-state index contributed by atoms with van der Waals surface area (Å²) in [6, 6.07) is 15.8. The van der Waals surface area contributed by atoms with Crippen molar-refractivity contribution < 1.29 is 27.6 Å². The van der Waals surface area contributed by atoms with Gasteiger partial charge in [-0.15, -0.1) is 0 Å². The van der Waals surface area contributed by atoms with Gasteiger partial charge in [-0.3, -0.25) is 14.7 Å². The molecule has 0 saturated heterocycles. The second kappa shape index (κ2) is 11.5. The van der Waals surface area contributed by atoms with Crippen LogP contribution in [-0.4, -0.2) is 30.0 Å². The van der Waals surface area contributed by atoms with Gasteiger partial charge in [-0.25, -0.2) is 4.84 Å². The average molecular weight is 589 g/mol. The number of hydroxylamine groups is 2. The van der Waals surface area contributed by atoms with Gasteiger partial charge in [-0.2, -0.15) is 13.2 Å². The van der Waals surface area contributed by atoms with E-state index in [0.717, 1.165) is 27.8 Å². The van der Waals surface area contributed by atoms with Crippen LogP contribution in [0.1, 0.15) is 38.2 Å². The quantitative estimate of drug-likeness (QED) is 0.232. The number of ketones is 1. The van der Waals surface area contributed by atoms with Crippen LogP contribution in [0.2, 0.25) is 10.0 Å². The van der Waals surface area contributed by atoms with Crippen LogP contribution in [-0.2, 0) is 21.8 Å². The number of carbonyl (C=O) groups excluding carboxylic acids is 2. The van der Waals surface area contributed by atoms with Crippen LogP contribution in [0.4, 0.5) is 13.2 Å². The number of carbonyl (C=O) groups is 2. The highest BCUT2D eigenvalue weighted by Crippen LogP contribution is 2.51. The lowest BCUT2D eigenvalue weighted by Crippen LogP contribution is -2.42. The summed E-state index contributed by atoms with van der Waals surface area (Å²) in [5, 5.41) is 3.88. The standard InChI is InChI=1S/C30H25Cl2F3N2O3/c1-18-4-6-20(7-5-18)27(38)10-11-28(39)36-17-22-9-8-21(12-19(22)2)26-16-29(30(33,34)35,40-37(26)3)23-13-24(31)15-25(32)14-23/h4-16H,17H2,1-3H3,(H,36,39)/b11-10+. The average Bonchev–Trinajstić information content (AvgIpc) is 3.25. The Morgan fingerprint density at radius 2 is 1.62 bits per heavy atom. The summed E-state index contributed by atoms with van der Waals surface area (Å²) in [6.45, 7) is 3.86. The fourth-order valence-electron chi connectivity index (χ4n) is 4.30. The molecule has 0 spiro atoms. The molecule has 40 heavy (non-hydrogen) atoms. The van der Waals surface area contributed by atoms with Gasteiger partial charge in [0.2, 0.25) is 11.5 Å². The number of benzene rings is 3. The van der Waals surface area contributed by atoms with Crippen LogP contribution in [0.25, 0.3) is 5.70 Å². The van der Waals surface area contributed by atoms with Gasteiger partial charge >= 0.3 is 6.18 Å². The zero-order valence-corrected chi connectivity index (χ0v) is 23.3. The first-order valence-electron chi connectivity index (χ1n) is 12.1. The molecule has 1 N–H and O–H groups in total. The zero-order chi connectivity index (χ0) is 29.2. The van der Waals surface area contributed by atoms with E-state index in [-0.39, 0.29) is 33.6 Å². The minimum Gasteiger partial charge on any atom is -0.348 e. The maximum atomic E-state index is 14.4. The van der Waals surface area contributed by atoms with Crippen molar-refractivity contribution in [1.82, 2.24) is 10.4 Å². The Hall–Kier alpha value is -3.59. The van der Waals surface area contributed by atoms with Crippen molar-refractivity contribution in [3.8, 4) is 0 Å². The van der Waals surface area contributed by atoms with Crippen LogP contribution in [0.3, 0.4) is 0 Å². The fourth-order valence-corrected chi connectivity index (χ4v) is 4.83. The third kappa shape index (κ3) is 6.25. The number of amides is 1. The monoisotopic (exact) mass is 588 g/mol. The van der Waals surface area contributed by atoms with E-state index in [1.54, 1.807) is 37.3 Å². The van der Waals surface area contributed by atoms with Gasteiger partial charge in [0.25, 0.3) is 0 Å². The summed E-state index contributed by atoms with van der Waals surface area (Å²) in [5.74, 6) is -0.743. The highest BCUT2D eigenvalue weighted by molar-refractivity contribution is 6.34. The molecule has 1 atom stereocenters. The second-order valence-electron chi connectivity index (χ2n) is 9.43. The SMILES string of the molecule is Cc1ccc(C(=O)/C=C/C(=O)NCc2ccc(C3=CC(c4cc(Cl)cc(Cl)c4)(C(F)(F)F)ON3C)cc2C)cc1. The van der Waals surface area contributed by atoms with E-state index in [9.17, 15) is 22.8 Å². The largest absolute Gasteiger partial charge is 0.428 e. The predicted octanol–water partition coefficient (Wildman–Crippen LogP) is 7.34. The zero-order valence-electron chi connectivity index (χ0n) is 21.8. The first kappa shape index (κ1) is 29.4. The molecule has 0 bridgehead atoms. The van der Waals surface area contributed by atoms with Gasteiger partial charge < -0.3 is 5.32 Å². The third-order valence-corrected chi connectivity index (χ3v) is 6.92. The van der Waals surface area contributed by atoms with Crippen LogP contribution in [0.15, 0.2) is 78.9 Å². The molecule has 3 aromatic rings. The smallest absolute Gasteiger partial charge is 0.348 e. The molecule has 4 rings (SSSR count). The minimum absolute atomic E-state index is 0.0517. The summed E-state index contributed by atoms with van der Waals surface area (Å²) in [7, 11) is 1.39. The number of alkyl halides is 3. The lowest BCUT2D eigenvalue weighted by Gasteiger charge is -2.31. The lowest BCUT2D eigenvalue weighted by molar-refractivity contribution is -0.308. The summed E-state index contributed by atoms with van der Waals surface area (Å²) in [4.78, 5) is 29.9. The Bertz CT molecular complexity index is 1500. The predicted molar refractivity (Wildman–Crippen MR) is 149 cm³/mol. The minimum atomic E-state index is -4.81. The molecule has 3 aromatic carbocycles. The number of aryl methyl sites for hydroxylation is 2. The van der Waals surface area contributed by atoms with Crippen molar-refractivity contribution in [2.45, 2.75) is 32.2 Å². The van der Waals surface area contributed by atoms with Crippen LogP contribution in [0.5, 0.6) is 0 Å². The van der Waals surface area contributed by atoms with Crippen molar-refractivity contribution in [3.05, 3.63) is 122 Å². The number of nitrogens with one attached hydrogen (secondary N) is 1. The van der Waals surface area contributed by atoms with Gasteiger partial charge in [0.1, 0.15) is 0 Å². The van der Waals surface area contributed by atoms with E-state index in [0.29, 0.717) is 11.1 Å². The maximum Gasteiger partial charge on any atom is 0.428 e. The molecule has 1 aliphatic heterocycles. The molecule has 10 heteroatoms. The van der Waals surface area contributed by atoms with Crippen LogP contribution < -0.4 is 5.32 Å². The van der Waals surface area contributed by atoms with Crippen molar-refractivity contribution in [1.29, 1.82) is 0 Å². The molecule has 0 radical (unpaired) electrons. The Kier molecular flexibility index (Phi) is 8.44. The van der Waals surface area contributed by atoms with Crippen molar-refractivity contribution >= 4 is 40.6 Å². The number of halogens is 5. The molecule has 1 unspecified atom stereocenters. The molecular weight excluding hydrogens is 564 g/mol. The van der Waals surface area contributed by atoms with E-state index >= 15 is 0 Å². The molecule has 208 valence electrons. The van der Waals surface area contributed by atoms with E-state index in [4.69, 9.17) is 28.0 Å². The first-order valence-corrected chi connectivity index (χ1v) is 12.9. The number of rotatable bonds is 7. The van der Waals surface area contributed by atoms with E-state index in [2.05, 4.69) is 5.32 Å². The molecule has 5 nitrogen and oxygen atoms in total. The van der Waals surface area contributed by atoms with E-state index in [1.165, 1.54) is 37.4 Å². The first-order chi connectivity index (χ1) is 18.8. The summed E-state index contributed by atoms with van der Waals surface area (Å²) < 4.78 is 43.3. The summed E-state index contributed by atoms with van der Waals surface area (Å²) >= 11 is 12.0. The molecule has 0 aromatic heterocycles. The molecule has 1 heterocycles. The normalized spacial score (nSPS) is 17.3. The third-order valence-electron chi connectivity index (χ3n) is 6.49. The molecule has 0 saturated carbocycles. The molecular formula is C30H25Cl2F3N2O3. The topological polar surface area (TPSA) is 58.6 Å². The molecule has 1 amide bonds. The van der Waals surface area contributed by atoms with E-state index in [1.807, 2.05) is 19.1 Å². The van der Waals surface area contributed by atoms with Crippen molar-refractivity contribution in [2.24, 2.45) is 0 Å². The molecule has 0 aliphatic carbocycles. The van der Waals surface area contributed by atoms with Crippen molar-refractivity contribution in [2.75, 3.05) is 7.05 Å². The van der Waals surface area contributed by atoms with Gasteiger partial charge in [-0.05, 0) is 61.4 Å². The highest BCUT2D eigenvalue weighted by Gasteiger charge is 2.60. The second-order valence-corrected chi connectivity index (χ2v) is 10.3. The van der Waals surface area contributed by atoms with Gasteiger partial charge in [0.15, 0.2) is 5.78 Å². The maximum absolute atomic E-state index is 14.4. The fraction of sp³-hybridized carbons (Fsp3) is 0.200. The summed E-state index contributed by atoms with van der Waals surface area (Å²) in [6.07, 6.45) is -1.44. The van der Waals surface area contributed by atoms with E-state index < -0.39 is 17.7 Å². The highest BCUT2D eigenvalue weighted by atomic mass is 35.5. The molecule has 1 aliphatic rings. The number of hydrogen-bond donors (Lipinski definition) is 1. The Balaban J connectivity index is 1.51. The summed E-state index contributed by atoms with van der Waals surface area (Å²) in [5.41, 5.74) is 0.641. The molecule has 0 fully saturated rings. The lowest BCUT2D eigenvalue weighted by atomic mass is 9.91. The number of allylic oxidation sites excluding steroid dienone is 1.